The Morgan fingerprint density at radius 2 is 1.71 bits per heavy atom. The minimum absolute atomic E-state index is 0.163. The molecule has 0 spiro atoms. The smallest absolute Gasteiger partial charge is 0.229 e. The van der Waals surface area contributed by atoms with Crippen molar-refractivity contribution < 1.29 is 15.0 Å². The summed E-state index contributed by atoms with van der Waals surface area (Å²) in [5, 5.41) is 28.4. The van der Waals surface area contributed by atoms with Crippen molar-refractivity contribution in [1.82, 2.24) is 16.0 Å². The summed E-state index contributed by atoms with van der Waals surface area (Å²) < 4.78 is 0. The summed E-state index contributed by atoms with van der Waals surface area (Å²) in [5.74, 6) is 0.829. The molecule has 5 N–H and O–H groups in total. The van der Waals surface area contributed by atoms with Crippen LogP contribution in [0.25, 0.3) is 0 Å². The first-order chi connectivity index (χ1) is 14.9. The highest BCUT2D eigenvalue weighted by molar-refractivity contribution is 5.80. The number of rotatable bonds is 7. The molecule has 2 aromatic rings. The Hall–Kier alpha value is -3.93. The SMILES string of the molecule is C/C(O)=C\C=C(/C)C1=CNC(NC(=O)Cc2ccc(O)cc2)=C(Cc2ccccc2)N1. The van der Waals surface area contributed by atoms with E-state index >= 15 is 0 Å². The number of benzene rings is 2. The Balaban J connectivity index is 1.78. The summed E-state index contributed by atoms with van der Waals surface area (Å²) in [5.41, 5.74) is 4.53. The highest BCUT2D eigenvalue weighted by atomic mass is 16.3. The molecule has 1 aliphatic rings. The zero-order valence-electron chi connectivity index (χ0n) is 17.6. The highest BCUT2D eigenvalue weighted by Gasteiger charge is 2.17. The number of aliphatic hydroxyl groups excluding tert-OH is 1. The predicted molar refractivity (Wildman–Crippen MR) is 122 cm³/mol. The maximum atomic E-state index is 12.6. The lowest BCUT2D eigenvalue weighted by Gasteiger charge is -2.25. The molecule has 0 bridgehead atoms. The quantitative estimate of drug-likeness (QED) is 0.348. The number of carbonyl (C=O) groups excluding carboxylic acids is 1. The lowest BCUT2D eigenvalue weighted by Crippen LogP contribution is -2.38. The van der Waals surface area contributed by atoms with E-state index in [0.29, 0.717) is 12.2 Å². The Labute approximate surface area is 182 Å². The van der Waals surface area contributed by atoms with Crippen LogP contribution in [-0.4, -0.2) is 16.1 Å². The van der Waals surface area contributed by atoms with Gasteiger partial charge in [0.25, 0.3) is 0 Å². The van der Waals surface area contributed by atoms with Gasteiger partial charge in [-0.1, -0.05) is 48.5 Å². The molecule has 0 unspecified atom stereocenters. The number of carbonyl (C=O) groups is 1. The van der Waals surface area contributed by atoms with Gasteiger partial charge in [0.1, 0.15) is 11.6 Å². The largest absolute Gasteiger partial charge is 0.513 e. The van der Waals surface area contributed by atoms with E-state index in [1.165, 1.54) is 0 Å². The maximum absolute atomic E-state index is 12.6. The Kier molecular flexibility index (Phi) is 7.17. The normalized spacial score (nSPS) is 14.5. The van der Waals surface area contributed by atoms with Crippen LogP contribution in [0.15, 0.2) is 101 Å². The fraction of sp³-hybridized carbons (Fsp3) is 0.160. The first-order valence-electron chi connectivity index (χ1n) is 10.0. The fourth-order valence-corrected chi connectivity index (χ4v) is 3.07. The van der Waals surface area contributed by atoms with E-state index in [9.17, 15) is 15.0 Å². The van der Waals surface area contributed by atoms with Gasteiger partial charge < -0.3 is 26.2 Å². The molecule has 31 heavy (non-hydrogen) atoms. The number of allylic oxidation sites excluding steroid dienone is 5. The van der Waals surface area contributed by atoms with E-state index in [4.69, 9.17) is 0 Å². The van der Waals surface area contributed by atoms with E-state index in [1.54, 1.807) is 43.5 Å². The molecule has 0 aromatic heterocycles. The summed E-state index contributed by atoms with van der Waals surface area (Å²) in [7, 11) is 0. The van der Waals surface area contributed by atoms with Crippen molar-refractivity contribution >= 4 is 5.91 Å². The van der Waals surface area contributed by atoms with Crippen molar-refractivity contribution in [3.05, 3.63) is 113 Å². The van der Waals surface area contributed by atoms with Crippen molar-refractivity contribution in [1.29, 1.82) is 0 Å². The van der Waals surface area contributed by atoms with Crippen LogP contribution < -0.4 is 16.0 Å². The molecule has 0 atom stereocenters. The van der Waals surface area contributed by atoms with Gasteiger partial charge in [0.2, 0.25) is 5.91 Å². The molecule has 6 nitrogen and oxygen atoms in total. The number of phenolic OH excluding ortho intramolecular Hbond substituents is 1. The van der Waals surface area contributed by atoms with Gasteiger partial charge in [0, 0.05) is 12.6 Å². The number of hydrogen-bond acceptors (Lipinski definition) is 5. The van der Waals surface area contributed by atoms with Gasteiger partial charge >= 0.3 is 0 Å². The lowest BCUT2D eigenvalue weighted by molar-refractivity contribution is -0.119. The highest BCUT2D eigenvalue weighted by Crippen LogP contribution is 2.17. The lowest BCUT2D eigenvalue weighted by atomic mass is 10.1. The first kappa shape index (κ1) is 21.8. The first-order valence-corrected chi connectivity index (χ1v) is 10.0. The molecule has 1 aliphatic heterocycles. The second-order valence-corrected chi connectivity index (χ2v) is 7.39. The molecular weight excluding hydrogens is 390 g/mol. The van der Waals surface area contributed by atoms with Gasteiger partial charge in [-0.25, -0.2) is 0 Å². The van der Waals surface area contributed by atoms with E-state index in [0.717, 1.165) is 28.1 Å². The summed E-state index contributed by atoms with van der Waals surface area (Å²) in [4.78, 5) is 12.6. The fourth-order valence-electron chi connectivity index (χ4n) is 3.07. The van der Waals surface area contributed by atoms with Crippen LogP contribution in [-0.2, 0) is 17.6 Å². The molecule has 2 aromatic carbocycles. The predicted octanol–water partition coefficient (Wildman–Crippen LogP) is 3.91. The number of aromatic hydroxyl groups is 1. The van der Waals surface area contributed by atoms with Crippen LogP contribution in [0, 0.1) is 0 Å². The molecule has 0 aliphatic carbocycles. The maximum Gasteiger partial charge on any atom is 0.229 e. The molecule has 160 valence electrons. The van der Waals surface area contributed by atoms with Gasteiger partial charge in [0.05, 0.1) is 23.6 Å². The zero-order valence-corrected chi connectivity index (χ0v) is 17.6. The number of hydrogen-bond donors (Lipinski definition) is 5. The monoisotopic (exact) mass is 417 g/mol. The minimum atomic E-state index is -0.163. The van der Waals surface area contributed by atoms with Crippen molar-refractivity contribution in [2.24, 2.45) is 0 Å². The third kappa shape index (κ3) is 6.54. The van der Waals surface area contributed by atoms with Gasteiger partial charge in [-0.15, -0.1) is 0 Å². The summed E-state index contributed by atoms with van der Waals surface area (Å²) in [6.07, 6.45) is 6.04. The van der Waals surface area contributed by atoms with Crippen LogP contribution in [0.4, 0.5) is 0 Å². The standard InChI is InChI=1S/C25H27N3O3/c1-17(8-9-18(2)29)23-16-26-25(22(27-23)14-19-6-4-3-5-7-19)28-24(31)15-20-10-12-21(30)13-11-20/h3-13,16,26-27,29-30H,14-15H2,1-2H3,(H,28,31)/b17-8+,18-9+. The van der Waals surface area contributed by atoms with Gasteiger partial charge in [-0.05, 0) is 48.8 Å². The van der Waals surface area contributed by atoms with Crippen molar-refractivity contribution in [3.8, 4) is 5.75 Å². The molecular formula is C25H27N3O3. The van der Waals surface area contributed by atoms with Gasteiger partial charge in [0.15, 0.2) is 0 Å². The Morgan fingerprint density at radius 3 is 2.39 bits per heavy atom. The van der Waals surface area contributed by atoms with Gasteiger partial charge in [-0.2, -0.15) is 0 Å². The molecule has 0 saturated heterocycles. The van der Waals surface area contributed by atoms with Crippen LogP contribution in [0.5, 0.6) is 5.75 Å². The van der Waals surface area contributed by atoms with Crippen LogP contribution in [0.2, 0.25) is 0 Å². The number of aliphatic hydroxyl groups is 1. The Bertz CT molecular complexity index is 1050. The summed E-state index contributed by atoms with van der Waals surface area (Å²) in [6, 6.07) is 16.6. The topological polar surface area (TPSA) is 93.6 Å². The van der Waals surface area contributed by atoms with Gasteiger partial charge in [-0.3, -0.25) is 4.79 Å². The molecule has 0 radical (unpaired) electrons. The van der Waals surface area contributed by atoms with E-state index in [2.05, 4.69) is 16.0 Å². The third-order valence-corrected chi connectivity index (χ3v) is 4.74. The second-order valence-electron chi connectivity index (χ2n) is 7.39. The molecule has 0 fully saturated rings. The zero-order chi connectivity index (χ0) is 22.2. The summed E-state index contributed by atoms with van der Waals surface area (Å²) >= 11 is 0. The molecule has 1 amide bonds. The minimum Gasteiger partial charge on any atom is -0.513 e. The molecule has 0 saturated carbocycles. The van der Waals surface area contributed by atoms with Crippen molar-refractivity contribution in [2.45, 2.75) is 26.7 Å². The third-order valence-electron chi connectivity index (χ3n) is 4.74. The average Bonchev–Trinajstić information content (AvgIpc) is 2.75. The van der Waals surface area contributed by atoms with Crippen molar-refractivity contribution in [3.63, 3.8) is 0 Å². The molecule has 6 heteroatoms. The van der Waals surface area contributed by atoms with E-state index < -0.39 is 0 Å². The van der Waals surface area contributed by atoms with Crippen LogP contribution in [0.1, 0.15) is 25.0 Å². The van der Waals surface area contributed by atoms with Crippen molar-refractivity contribution in [2.75, 3.05) is 0 Å². The van der Waals surface area contributed by atoms with E-state index in [-0.39, 0.29) is 23.8 Å². The van der Waals surface area contributed by atoms with Crippen LogP contribution in [0.3, 0.4) is 0 Å². The summed E-state index contributed by atoms with van der Waals surface area (Å²) in [6.45, 7) is 3.56. The molecule has 1 heterocycles. The second kappa shape index (κ2) is 10.2. The number of amides is 1. The molecule has 3 rings (SSSR count). The number of nitrogens with one attached hydrogen (secondary N) is 3. The average molecular weight is 418 g/mol. The van der Waals surface area contributed by atoms with Crippen LogP contribution >= 0.6 is 0 Å². The van der Waals surface area contributed by atoms with E-state index in [1.807, 2.05) is 43.3 Å². The Morgan fingerprint density at radius 1 is 1.00 bits per heavy atom. The number of phenols is 1.